The van der Waals surface area contributed by atoms with Crippen LogP contribution in [0, 0.1) is 11.8 Å². The molecule has 3 aromatic rings. The molecular weight excluding hydrogens is 498 g/mol. The first-order valence-corrected chi connectivity index (χ1v) is 9.60. The van der Waals surface area contributed by atoms with E-state index in [1.165, 1.54) is 0 Å². The number of halogens is 2. The lowest BCUT2D eigenvalue weighted by Crippen LogP contribution is -2.29. The number of nitrogens with one attached hydrogen (secondary N) is 1. The Morgan fingerprint density at radius 1 is 1.10 bits per heavy atom. The first-order valence-electron chi connectivity index (χ1n) is 9.60. The summed E-state index contributed by atoms with van der Waals surface area (Å²) in [6.45, 7) is 1.37. The SMILES string of the molecule is Br.Br.NCC1CCC(C(=O)Nc2ccnc3c2cnn3Cc2ccccc2)CC1. The molecule has 3 N–H and O–H groups in total. The maximum absolute atomic E-state index is 12.7. The highest BCUT2D eigenvalue weighted by Crippen LogP contribution is 2.30. The van der Waals surface area contributed by atoms with E-state index >= 15 is 0 Å². The zero-order chi connectivity index (χ0) is 18.6. The van der Waals surface area contributed by atoms with E-state index in [0.717, 1.165) is 54.5 Å². The monoisotopic (exact) mass is 523 g/mol. The molecule has 1 fully saturated rings. The normalized spacial score (nSPS) is 18.5. The number of nitrogens with two attached hydrogens (primary N) is 1. The molecule has 156 valence electrons. The topological polar surface area (TPSA) is 85.8 Å². The molecule has 6 nitrogen and oxygen atoms in total. The minimum Gasteiger partial charge on any atom is -0.330 e. The summed E-state index contributed by atoms with van der Waals surface area (Å²) >= 11 is 0. The highest BCUT2D eigenvalue weighted by molar-refractivity contribution is 8.93. The summed E-state index contributed by atoms with van der Waals surface area (Å²) < 4.78 is 1.87. The molecule has 1 aliphatic rings. The van der Waals surface area contributed by atoms with Gasteiger partial charge in [0.15, 0.2) is 5.65 Å². The molecule has 0 saturated heterocycles. The highest BCUT2D eigenvalue weighted by atomic mass is 79.9. The fraction of sp³-hybridized carbons (Fsp3) is 0.381. The molecule has 2 aromatic heterocycles. The van der Waals surface area contributed by atoms with Crippen molar-refractivity contribution in [1.82, 2.24) is 14.8 Å². The van der Waals surface area contributed by atoms with E-state index in [1.54, 1.807) is 12.4 Å². The van der Waals surface area contributed by atoms with Gasteiger partial charge in [-0.05, 0) is 49.8 Å². The molecule has 1 aromatic carbocycles. The minimum absolute atomic E-state index is 0. The van der Waals surface area contributed by atoms with Gasteiger partial charge in [-0.1, -0.05) is 30.3 Å². The largest absolute Gasteiger partial charge is 0.330 e. The van der Waals surface area contributed by atoms with Crippen LogP contribution in [0.4, 0.5) is 5.69 Å². The van der Waals surface area contributed by atoms with E-state index in [4.69, 9.17) is 5.73 Å². The zero-order valence-electron chi connectivity index (χ0n) is 16.2. The molecule has 2 heterocycles. The molecular formula is C21H27Br2N5O. The van der Waals surface area contributed by atoms with Crippen LogP contribution in [0.25, 0.3) is 11.0 Å². The van der Waals surface area contributed by atoms with Crippen molar-refractivity contribution in [1.29, 1.82) is 0 Å². The number of benzene rings is 1. The average Bonchev–Trinajstić information content (AvgIpc) is 3.13. The van der Waals surface area contributed by atoms with Crippen molar-refractivity contribution >= 4 is 56.6 Å². The summed E-state index contributed by atoms with van der Waals surface area (Å²) in [5.74, 6) is 0.724. The molecule has 8 heteroatoms. The Bertz CT molecular complexity index is 923. The number of nitrogens with zero attached hydrogens (tertiary/aromatic N) is 3. The number of hydrogen-bond acceptors (Lipinski definition) is 4. The number of fused-ring (bicyclic) bond motifs is 1. The van der Waals surface area contributed by atoms with Crippen LogP contribution < -0.4 is 11.1 Å². The van der Waals surface area contributed by atoms with Gasteiger partial charge in [-0.25, -0.2) is 9.67 Å². The van der Waals surface area contributed by atoms with Gasteiger partial charge >= 0.3 is 0 Å². The number of hydrogen-bond donors (Lipinski definition) is 2. The summed E-state index contributed by atoms with van der Waals surface area (Å²) in [5.41, 5.74) is 8.48. The van der Waals surface area contributed by atoms with Crippen LogP contribution in [0.5, 0.6) is 0 Å². The Morgan fingerprint density at radius 2 is 1.83 bits per heavy atom. The van der Waals surface area contributed by atoms with Gasteiger partial charge in [0.1, 0.15) is 0 Å². The Labute approximate surface area is 191 Å². The number of carbonyl (C=O) groups is 1. The third kappa shape index (κ3) is 5.43. The van der Waals surface area contributed by atoms with Gasteiger partial charge in [0.2, 0.25) is 5.91 Å². The summed E-state index contributed by atoms with van der Waals surface area (Å²) in [5, 5.41) is 8.45. The second-order valence-corrected chi connectivity index (χ2v) is 7.33. The lowest BCUT2D eigenvalue weighted by atomic mass is 9.81. The molecule has 1 amide bonds. The Balaban J connectivity index is 0.00000150. The molecule has 0 atom stereocenters. The van der Waals surface area contributed by atoms with Crippen molar-refractivity contribution in [3.05, 3.63) is 54.4 Å². The van der Waals surface area contributed by atoms with E-state index in [1.807, 2.05) is 28.9 Å². The average molecular weight is 525 g/mol. The van der Waals surface area contributed by atoms with Crippen LogP contribution in [-0.2, 0) is 11.3 Å². The van der Waals surface area contributed by atoms with Crippen LogP contribution in [-0.4, -0.2) is 27.2 Å². The molecule has 1 saturated carbocycles. The molecule has 0 bridgehead atoms. The van der Waals surface area contributed by atoms with Crippen LogP contribution in [0.2, 0.25) is 0 Å². The Hall–Kier alpha value is -1.77. The Kier molecular flexibility index (Phi) is 8.79. The van der Waals surface area contributed by atoms with E-state index in [9.17, 15) is 4.79 Å². The van der Waals surface area contributed by atoms with Gasteiger partial charge in [0.05, 0.1) is 23.8 Å². The fourth-order valence-corrected chi connectivity index (χ4v) is 3.85. The maximum Gasteiger partial charge on any atom is 0.227 e. The molecule has 1 aliphatic carbocycles. The van der Waals surface area contributed by atoms with Crippen LogP contribution in [0.15, 0.2) is 48.8 Å². The van der Waals surface area contributed by atoms with E-state index < -0.39 is 0 Å². The van der Waals surface area contributed by atoms with E-state index in [2.05, 4.69) is 27.5 Å². The predicted molar refractivity (Wildman–Crippen MR) is 127 cm³/mol. The van der Waals surface area contributed by atoms with Crippen molar-refractivity contribution in [3.8, 4) is 0 Å². The number of pyridine rings is 1. The molecule has 0 radical (unpaired) electrons. The van der Waals surface area contributed by atoms with Gasteiger partial charge in [-0.3, -0.25) is 4.79 Å². The van der Waals surface area contributed by atoms with Crippen molar-refractivity contribution in [2.45, 2.75) is 32.2 Å². The van der Waals surface area contributed by atoms with Gasteiger partial charge in [0.25, 0.3) is 0 Å². The number of amides is 1. The zero-order valence-corrected chi connectivity index (χ0v) is 19.6. The highest BCUT2D eigenvalue weighted by Gasteiger charge is 2.26. The summed E-state index contributed by atoms with van der Waals surface area (Å²) in [6.07, 6.45) is 7.41. The van der Waals surface area contributed by atoms with Crippen molar-refractivity contribution < 1.29 is 4.79 Å². The fourth-order valence-electron chi connectivity index (χ4n) is 3.85. The second kappa shape index (κ2) is 10.8. The number of carbonyl (C=O) groups excluding carboxylic acids is 1. The van der Waals surface area contributed by atoms with Crippen LogP contribution >= 0.6 is 34.0 Å². The van der Waals surface area contributed by atoms with Crippen LogP contribution in [0.3, 0.4) is 0 Å². The standard InChI is InChI=1S/C21H25N5O.2BrH/c22-12-15-6-8-17(9-7-15)21(27)25-19-10-11-23-20-18(19)13-24-26(20)14-16-4-2-1-3-5-16;;/h1-5,10-11,13,15,17H,6-9,12,14,22H2,(H,23,25,27);2*1H. The van der Waals surface area contributed by atoms with Gasteiger partial charge < -0.3 is 11.1 Å². The van der Waals surface area contributed by atoms with E-state index in [0.29, 0.717) is 12.5 Å². The van der Waals surface area contributed by atoms with Crippen LogP contribution in [0.1, 0.15) is 31.2 Å². The summed E-state index contributed by atoms with van der Waals surface area (Å²) in [4.78, 5) is 17.2. The molecule has 0 unspecified atom stereocenters. The third-order valence-electron chi connectivity index (χ3n) is 5.52. The summed E-state index contributed by atoms with van der Waals surface area (Å²) in [7, 11) is 0. The first kappa shape index (κ1) is 23.5. The lowest BCUT2D eigenvalue weighted by Gasteiger charge is -2.26. The molecule has 29 heavy (non-hydrogen) atoms. The maximum atomic E-state index is 12.7. The van der Waals surface area contributed by atoms with Crippen molar-refractivity contribution in [2.75, 3.05) is 11.9 Å². The smallest absolute Gasteiger partial charge is 0.227 e. The Morgan fingerprint density at radius 3 is 2.52 bits per heavy atom. The molecule has 0 aliphatic heterocycles. The summed E-state index contributed by atoms with van der Waals surface area (Å²) in [6, 6.07) is 12.0. The number of anilines is 1. The molecule has 4 rings (SSSR count). The van der Waals surface area contributed by atoms with Gasteiger partial charge in [-0.15, -0.1) is 34.0 Å². The quantitative estimate of drug-likeness (QED) is 0.519. The van der Waals surface area contributed by atoms with E-state index in [-0.39, 0.29) is 45.8 Å². The number of rotatable bonds is 5. The van der Waals surface area contributed by atoms with Gasteiger partial charge in [-0.2, -0.15) is 5.10 Å². The first-order chi connectivity index (χ1) is 13.2. The van der Waals surface area contributed by atoms with Crippen molar-refractivity contribution in [2.24, 2.45) is 17.6 Å². The van der Waals surface area contributed by atoms with Gasteiger partial charge in [0, 0.05) is 12.1 Å². The lowest BCUT2D eigenvalue weighted by molar-refractivity contribution is -0.121. The predicted octanol–water partition coefficient (Wildman–Crippen LogP) is 4.34. The third-order valence-corrected chi connectivity index (χ3v) is 5.52. The minimum atomic E-state index is 0. The number of aromatic nitrogens is 3. The van der Waals surface area contributed by atoms with Crippen molar-refractivity contribution in [3.63, 3.8) is 0 Å². The molecule has 0 spiro atoms. The second-order valence-electron chi connectivity index (χ2n) is 7.33.